The van der Waals surface area contributed by atoms with Gasteiger partial charge >= 0.3 is 0 Å². The Kier molecular flexibility index (Phi) is 5.24. The van der Waals surface area contributed by atoms with Crippen LogP contribution in [-0.2, 0) is 0 Å². The number of hydrogen-bond acceptors (Lipinski definition) is 3. The Morgan fingerprint density at radius 1 is 1.21 bits per heavy atom. The first-order chi connectivity index (χ1) is 9.24. The molecule has 3 nitrogen and oxygen atoms in total. The average Bonchev–Trinajstić information content (AvgIpc) is 3.18. The normalized spacial score (nSPS) is 30.7. The zero-order valence-corrected chi connectivity index (χ0v) is 12.6. The maximum absolute atomic E-state index is 9.54. The summed E-state index contributed by atoms with van der Waals surface area (Å²) in [6.07, 6.45) is 9.70. The number of unbranched alkanes of at least 4 members (excludes halogenated alkanes) is 1. The van der Waals surface area contributed by atoms with Gasteiger partial charge in [0.1, 0.15) is 5.54 Å². The lowest BCUT2D eigenvalue weighted by atomic mass is 9.99. The fourth-order valence-corrected chi connectivity index (χ4v) is 3.38. The lowest BCUT2D eigenvalue weighted by molar-refractivity contribution is 0.179. The van der Waals surface area contributed by atoms with Gasteiger partial charge in [-0.05, 0) is 58.0 Å². The van der Waals surface area contributed by atoms with Gasteiger partial charge in [-0.15, -0.1) is 0 Å². The molecule has 1 N–H and O–H groups in total. The number of nitrogens with zero attached hydrogens (tertiary/aromatic N) is 2. The number of nitrogens with one attached hydrogen (secondary N) is 1. The Bertz CT molecular complexity index is 318. The van der Waals surface area contributed by atoms with E-state index in [0.717, 1.165) is 31.8 Å². The summed E-state index contributed by atoms with van der Waals surface area (Å²) in [5.41, 5.74) is -0.236. The van der Waals surface area contributed by atoms with Crippen molar-refractivity contribution in [2.75, 3.05) is 13.1 Å². The van der Waals surface area contributed by atoms with Gasteiger partial charge in [-0.1, -0.05) is 20.3 Å². The molecule has 0 spiro atoms. The lowest BCUT2D eigenvalue weighted by Gasteiger charge is -2.30. The summed E-state index contributed by atoms with van der Waals surface area (Å²) in [4.78, 5) is 2.72. The summed E-state index contributed by atoms with van der Waals surface area (Å²) in [6.45, 7) is 6.64. The highest BCUT2D eigenvalue weighted by atomic mass is 15.2. The van der Waals surface area contributed by atoms with Crippen LogP contribution in [0.5, 0.6) is 0 Å². The van der Waals surface area contributed by atoms with Crippen LogP contribution in [0, 0.1) is 11.3 Å². The maximum atomic E-state index is 9.54. The predicted octanol–water partition coefficient (Wildman–Crippen LogP) is 3.07. The van der Waals surface area contributed by atoms with Crippen LogP contribution in [0.2, 0.25) is 0 Å². The van der Waals surface area contributed by atoms with E-state index >= 15 is 0 Å². The molecule has 2 saturated carbocycles. The van der Waals surface area contributed by atoms with E-state index in [1.54, 1.807) is 0 Å². The Morgan fingerprint density at radius 2 is 2.00 bits per heavy atom. The first-order valence-corrected chi connectivity index (χ1v) is 8.16. The standard InChI is InChI=1S/C16H29N3/c1-3-5-11-19(14-6-7-14)15-8-9-16(12-15,13-17)18-10-4-2/h14-15,18H,3-12H2,1-2H3. The Morgan fingerprint density at radius 3 is 2.58 bits per heavy atom. The minimum absolute atomic E-state index is 0.236. The van der Waals surface area contributed by atoms with E-state index in [0.29, 0.717) is 6.04 Å². The quantitative estimate of drug-likeness (QED) is 0.731. The SMILES string of the molecule is CCCCN(C1CC1)C1CCC(C#N)(NCCC)C1. The molecule has 2 aliphatic rings. The average molecular weight is 263 g/mol. The van der Waals surface area contributed by atoms with Crippen molar-refractivity contribution < 1.29 is 0 Å². The second-order valence-corrected chi connectivity index (χ2v) is 6.34. The summed E-state index contributed by atoms with van der Waals surface area (Å²) in [7, 11) is 0. The summed E-state index contributed by atoms with van der Waals surface area (Å²) >= 11 is 0. The van der Waals surface area contributed by atoms with E-state index in [1.807, 2.05) is 0 Å². The summed E-state index contributed by atoms with van der Waals surface area (Å²) in [6, 6.07) is 4.05. The number of rotatable bonds is 8. The molecule has 0 bridgehead atoms. The molecular weight excluding hydrogens is 234 g/mol. The fourth-order valence-electron chi connectivity index (χ4n) is 3.38. The zero-order valence-electron chi connectivity index (χ0n) is 12.6. The lowest BCUT2D eigenvalue weighted by Crippen LogP contribution is -2.44. The molecule has 0 aromatic heterocycles. The molecule has 0 aromatic carbocycles. The molecule has 2 rings (SSSR count). The summed E-state index contributed by atoms with van der Waals surface area (Å²) in [5.74, 6) is 0. The van der Waals surface area contributed by atoms with Gasteiger partial charge in [0.05, 0.1) is 6.07 Å². The van der Waals surface area contributed by atoms with Gasteiger partial charge in [-0.3, -0.25) is 10.2 Å². The van der Waals surface area contributed by atoms with Crippen molar-refractivity contribution >= 4 is 0 Å². The zero-order chi connectivity index (χ0) is 13.7. The van der Waals surface area contributed by atoms with Crippen molar-refractivity contribution in [3.05, 3.63) is 0 Å². The molecule has 0 radical (unpaired) electrons. The molecular formula is C16H29N3. The van der Waals surface area contributed by atoms with Gasteiger partial charge in [-0.25, -0.2) is 0 Å². The van der Waals surface area contributed by atoms with E-state index in [2.05, 4.69) is 30.1 Å². The maximum Gasteiger partial charge on any atom is 0.108 e. The number of nitriles is 1. The molecule has 0 amide bonds. The highest BCUT2D eigenvalue weighted by Crippen LogP contribution is 2.38. The highest BCUT2D eigenvalue weighted by molar-refractivity contribution is 5.14. The molecule has 19 heavy (non-hydrogen) atoms. The predicted molar refractivity (Wildman–Crippen MR) is 78.9 cm³/mol. The van der Waals surface area contributed by atoms with Crippen molar-refractivity contribution in [1.29, 1.82) is 5.26 Å². The van der Waals surface area contributed by atoms with Gasteiger partial charge < -0.3 is 0 Å². The van der Waals surface area contributed by atoms with Crippen molar-refractivity contribution in [1.82, 2.24) is 10.2 Å². The molecule has 0 aliphatic heterocycles. The van der Waals surface area contributed by atoms with Crippen LogP contribution in [0.15, 0.2) is 0 Å². The summed E-state index contributed by atoms with van der Waals surface area (Å²) < 4.78 is 0. The van der Waals surface area contributed by atoms with E-state index in [4.69, 9.17) is 0 Å². The van der Waals surface area contributed by atoms with Gasteiger partial charge in [0.15, 0.2) is 0 Å². The topological polar surface area (TPSA) is 39.1 Å². The Labute approximate surface area is 118 Å². The molecule has 3 heteroatoms. The Hall–Kier alpha value is -0.590. The molecule has 0 saturated heterocycles. The van der Waals surface area contributed by atoms with Crippen molar-refractivity contribution in [2.45, 2.75) is 82.8 Å². The summed E-state index contributed by atoms with van der Waals surface area (Å²) in [5, 5.41) is 13.0. The van der Waals surface area contributed by atoms with E-state index < -0.39 is 0 Å². The smallest absolute Gasteiger partial charge is 0.108 e. The number of hydrogen-bond donors (Lipinski definition) is 1. The first-order valence-electron chi connectivity index (χ1n) is 8.16. The monoisotopic (exact) mass is 263 g/mol. The van der Waals surface area contributed by atoms with Crippen LogP contribution >= 0.6 is 0 Å². The van der Waals surface area contributed by atoms with Crippen molar-refractivity contribution in [3.8, 4) is 6.07 Å². The van der Waals surface area contributed by atoms with Crippen molar-refractivity contribution in [2.24, 2.45) is 0 Å². The molecule has 108 valence electrons. The third-order valence-electron chi connectivity index (χ3n) is 4.67. The van der Waals surface area contributed by atoms with Crippen LogP contribution in [0.4, 0.5) is 0 Å². The van der Waals surface area contributed by atoms with Crippen LogP contribution < -0.4 is 5.32 Å². The first kappa shape index (κ1) is 14.8. The highest BCUT2D eigenvalue weighted by Gasteiger charge is 2.44. The van der Waals surface area contributed by atoms with Crippen LogP contribution in [0.25, 0.3) is 0 Å². The molecule has 0 aromatic rings. The van der Waals surface area contributed by atoms with Gasteiger partial charge in [0.25, 0.3) is 0 Å². The van der Waals surface area contributed by atoms with E-state index in [-0.39, 0.29) is 5.54 Å². The largest absolute Gasteiger partial charge is 0.299 e. The van der Waals surface area contributed by atoms with Crippen molar-refractivity contribution in [3.63, 3.8) is 0 Å². The minimum atomic E-state index is -0.236. The molecule has 2 aliphatic carbocycles. The molecule has 2 atom stereocenters. The molecule has 2 unspecified atom stereocenters. The Balaban J connectivity index is 1.92. The van der Waals surface area contributed by atoms with Crippen LogP contribution in [0.1, 0.15) is 65.2 Å². The minimum Gasteiger partial charge on any atom is -0.299 e. The molecule has 0 heterocycles. The molecule has 2 fully saturated rings. The fraction of sp³-hybridized carbons (Fsp3) is 0.938. The third-order valence-corrected chi connectivity index (χ3v) is 4.67. The van der Waals surface area contributed by atoms with Crippen LogP contribution in [-0.4, -0.2) is 35.6 Å². The second kappa shape index (κ2) is 6.72. The van der Waals surface area contributed by atoms with E-state index in [1.165, 1.54) is 38.6 Å². The van der Waals surface area contributed by atoms with E-state index in [9.17, 15) is 5.26 Å². The van der Waals surface area contributed by atoms with Crippen LogP contribution in [0.3, 0.4) is 0 Å². The third kappa shape index (κ3) is 3.70. The second-order valence-electron chi connectivity index (χ2n) is 6.34. The van der Waals surface area contributed by atoms with Gasteiger partial charge in [-0.2, -0.15) is 5.26 Å². The van der Waals surface area contributed by atoms with Gasteiger partial charge in [0, 0.05) is 12.1 Å². The van der Waals surface area contributed by atoms with Gasteiger partial charge in [0.2, 0.25) is 0 Å².